The van der Waals surface area contributed by atoms with Gasteiger partial charge in [0.15, 0.2) is 0 Å². The molecule has 7 aromatic carbocycles. The number of hydrogen-bond donors (Lipinski definition) is 0. The second-order valence-electron chi connectivity index (χ2n) is 27.0. The van der Waals surface area contributed by atoms with E-state index in [1.165, 1.54) is 124 Å². The van der Waals surface area contributed by atoms with Crippen LogP contribution >= 0.6 is 61.5 Å². The van der Waals surface area contributed by atoms with Gasteiger partial charge in [-0.1, -0.05) is 145 Å². The topological polar surface area (TPSA) is 9.23 Å². The molecular weight excluding hydrogens is 1470 g/mol. The zero-order valence-corrected chi connectivity index (χ0v) is 70.2. The summed E-state index contributed by atoms with van der Waals surface area (Å²) in [6, 6.07) is 75.3. The van der Waals surface area contributed by atoms with Gasteiger partial charge in [-0.05, 0) is 243 Å². The van der Waals surface area contributed by atoms with Crippen molar-refractivity contribution in [1.29, 1.82) is 0 Å². The summed E-state index contributed by atoms with van der Waals surface area (Å²) < 4.78 is 4.94. The first-order valence-electron chi connectivity index (χ1n) is 34.2. The maximum atomic E-state index is 4.94. The van der Waals surface area contributed by atoms with Gasteiger partial charge in [0, 0.05) is 54.1 Å². The van der Waals surface area contributed by atoms with Gasteiger partial charge in [-0.2, -0.15) is 0 Å². The molecule has 1 saturated heterocycles. The summed E-state index contributed by atoms with van der Waals surface area (Å²) in [5, 5.41) is 8.61. The fraction of sp³-hybridized carbons (Fsp3) is 0.349. The molecule has 94 heavy (non-hydrogen) atoms. The van der Waals surface area contributed by atoms with Gasteiger partial charge in [0.2, 0.25) is 0 Å². The Bertz CT molecular complexity index is 2930. The Balaban J connectivity index is 0.000000178. The van der Waals surface area contributed by atoms with Crippen LogP contribution in [0.3, 0.4) is 0 Å². The Kier molecular flexibility index (Phi) is 36.7. The minimum Gasteiger partial charge on any atom is -0.381 e. The quantitative estimate of drug-likeness (QED) is 0.0916. The van der Waals surface area contributed by atoms with E-state index >= 15 is 0 Å². The Labute approximate surface area is 608 Å². The van der Waals surface area contributed by atoms with Crippen molar-refractivity contribution in [2.75, 3.05) is 87.2 Å². The van der Waals surface area contributed by atoms with Gasteiger partial charge in [0.25, 0.3) is 0 Å². The van der Waals surface area contributed by atoms with Crippen LogP contribution in [-0.2, 0) is 45.6 Å². The van der Waals surface area contributed by atoms with Gasteiger partial charge in [-0.15, -0.1) is 0 Å². The van der Waals surface area contributed by atoms with Crippen LogP contribution in [0.5, 0.6) is 0 Å². The summed E-state index contributed by atoms with van der Waals surface area (Å²) in [7, 11) is -1.55. The van der Waals surface area contributed by atoms with Crippen LogP contribution < -0.4 is 31.8 Å². The molecule has 7 aromatic rings. The normalized spacial score (nSPS) is 21.1. The number of rotatable bonds is 6. The van der Waals surface area contributed by atoms with Crippen LogP contribution in [-0.4, -0.2) is 87.2 Å². The van der Waals surface area contributed by atoms with Crippen molar-refractivity contribution in [3.8, 4) is 0 Å². The van der Waals surface area contributed by atoms with E-state index < -0.39 is 15.8 Å². The summed E-state index contributed by atoms with van der Waals surface area (Å²) in [4.78, 5) is 0. The molecular formula is C83H114OP8Pd2+8. The molecule has 14 rings (SSSR count). The van der Waals surface area contributed by atoms with Gasteiger partial charge >= 0.3 is 0 Å². The number of aryl methyl sites for hydroxylation is 1. The summed E-state index contributed by atoms with van der Waals surface area (Å²) >= 11 is 0. The first-order chi connectivity index (χ1) is 44.5. The van der Waals surface area contributed by atoms with E-state index in [-0.39, 0.29) is 86.5 Å². The summed E-state index contributed by atoms with van der Waals surface area (Å²) in [6.45, 7) is 32.5. The summed E-state index contributed by atoms with van der Waals surface area (Å²) in [5.41, 5.74) is 22.2. The maximum Gasteiger partial charge on any atom is 0.129 e. The van der Waals surface area contributed by atoms with Crippen molar-refractivity contribution in [1.82, 2.24) is 0 Å². The van der Waals surface area contributed by atoms with Crippen LogP contribution in [0.4, 0.5) is 0 Å². The molecule has 0 aromatic heterocycles. The Hall–Kier alpha value is -2.30. The van der Waals surface area contributed by atoms with Crippen molar-refractivity contribution in [2.24, 2.45) is 0 Å². The Morgan fingerprint density at radius 1 is 0.213 bits per heavy atom. The smallest absolute Gasteiger partial charge is 0.129 e. The Morgan fingerprint density at radius 3 is 0.457 bits per heavy atom. The molecule has 0 amide bonds. The first kappa shape index (κ1) is 80.7. The molecule has 0 unspecified atom stereocenters. The molecule has 7 heterocycles. The molecule has 0 aliphatic carbocycles. The first-order valence-corrected chi connectivity index (χ1v) is 51.7. The molecule has 0 spiro atoms. The number of hydrogen-bond acceptors (Lipinski definition) is 1. The van der Waals surface area contributed by atoms with Crippen LogP contribution in [0.2, 0.25) is 0 Å². The molecule has 0 radical (unpaired) electrons. The molecule has 504 valence electrons. The summed E-state index contributed by atoms with van der Waals surface area (Å²) in [5.74, 6) is 0. The third-order valence-electron chi connectivity index (χ3n) is 19.8. The fourth-order valence-electron chi connectivity index (χ4n) is 13.2. The van der Waals surface area contributed by atoms with E-state index in [9.17, 15) is 0 Å². The monoisotopic (exact) mass is 1590 g/mol. The Morgan fingerprint density at radius 2 is 0.351 bits per heavy atom. The molecule has 0 bridgehead atoms. The second-order valence-corrected chi connectivity index (χ2v) is 56.2. The molecule has 0 saturated carbocycles. The van der Waals surface area contributed by atoms with Crippen LogP contribution in [0, 0.1) is 6.92 Å². The van der Waals surface area contributed by atoms with Crippen molar-refractivity contribution >= 4 is 93.3 Å². The number of ether oxygens (including phenoxy) is 1. The van der Waals surface area contributed by atoms with Gasteiger partial charge in [-0.3, -0.25) is 0 Å². The zero-order chi connectivity index (χ0) is 65.4. The third-order valence-corrected chi connectivity index (χ3v) is 55.1. The van der Waals surface area contributed by atoms with E-state index in [1.807, 2.05) is 18.2 Å². The van der Waals surface area contributed by atoms with Gasteiger partial charge in [0.1, 0.15) is 151 Å². The second kappa shape index (κ2) is 42.7. The summed E-state index contributed by atoms with van der Waals surface area (Å²) in [6.07, 6.45) is 20.7. The SMILES string of the molecule is C1CCOC1.CC1=C(C)C[PH+]2CC(C)=C(C)C[PH+]2C1.CC1=C(C)C[PH+]2CC(C)=C(C)C[PH+]2C1.CC1=C(C)C[PH+]2CC(C)=C(C)C[PH+]2C1.Cc1ccccc1.[Pd].[Pd].c1ccc([PH+](c2ccccc2)c2ccccc2)cc1.c1ccc([PH+](c2ccccc2)c2ccccc2)cc1. The predicted octanol–water partition coefficient (Wildman–Crippen LogP) is 21.2. The van der Waals surface area contributed by atoms with Gasteiger partial charge in [0.05, 0.1) is 15.8 Å². The van der Waals surface area contributed by atoms with Crippen molar-refractivity contribution < 1.29 is 45.6 Å². The van der Waals surface area contributed by atoms with Crippen LogP contribution in [0.25, 0.3) is 0 Å². The number of allylic oxidation sites excluding steroid dienone is 12. The molecule has 0 N–H and O–H groups in total. The molecule has 1 nitrogen and oxygen atoms in total. The largest absolute Gasteiger partial charge is 0.381 e. The standard InChI is InChI=1S/2C18H15P.3C12H22P2.C7H8.C4H8O.2Pd/c2*1-4-10-16(11-5-1)19(17-12-6-2-7-13-17)18-14-8-3-9-15-18;3*1-9-5-13-7-11(3)12(4)8-14(13)6-10(9)2;1-7-5-3-2-4-6-7;1-2-4-5-3-1;;/h2*1-15H;3*13-14H,5-8H2,1-4H3;2-6H,1H3;1-4H2;;/q;;3*+2;;;;/p+2. The molecule has 0 atom stereocenters. The molecule has 1 fully saturated rings. The fourth-order valence-corrected chi connectivity index (χ4v) is 52.0. The van der Waals surface area contributed by atoms with Crippen molar-refractivity contribution in [2.45, 2.75) is 103 Å². The van der Waals surface area contributed by atoms with E-state index in [4.69, 9.17) is 4.74 Å². The van der Waals surface area contributed by atoms with E-state index in [0.717, 1.165) is 13.2 Å². The third kappa shape index (κ3) is 25.4. The average molecular weight is 1590 g/mol. The van der Waals surface area contributed by atoms with Gasteiger partial charge in [-0.25, -0.2) is 0 Å². The predicted molar refractivity (Wildman–Crippen MR) is 443 cm³/mol. The molecule has 7 aliphatic rings. The number of fused-ring (bicyclic) bond motifs is 3. The van der Waals surface area contributed by atoms with Crippen molar-refractivity contribution in [3.05, 3.63) is 285 Å². The maximum absolute atomic E-state index is 4.94. The van der Waals surface area contributed by atoms with E-state index in [0.29, 0.717) is 0 Å². The zero-order valence-electron chi connectivity index (χ0n) is 59.1. The van der Waals surface area contributed by atoms with Crippen molar-refractivity contribution in [3.63, 3.8) is 0 Å². The van der Waals surface area contributed by atoms with E-state index in [2.05, 4.69) is 284 Å². The molecule has 7 aliphatic heterocycles. The minimum absolute atomic E-state index is 0. The molecule has 11 heteroatoms. The average Bonchev–Trinajstić information content (AvgIpc) is 1.02. The minimum atomic E-state index is -0.877. The van der Waals surface area contributed by atoms with Crippen LogP contribution in [0.1, 0.15) is 101 Å². The van der Waals surface area contributed by atoms with E-state index in [1.54, 1.807) is 66.9 Å². The van der Waals surface area contributed by atoms with Gasteiger partial charge < -0.3 is 4.74 Å². The number of benzene rings is 7. The van der Waals surface area contributed by atoms with Crippen LogP contribution in [0.15, 0.2) is 279 Å².